The van der Waals surface area contributed by atoms with Crippen molar-refractivity contribution in [2.45, 2.75) is 71.1 Å². The molecule has 15 heteroatoms. The van der Waals surface area contributed by atoms with Crippen LogP contribution in [0, 0.1) is 5.41 Å². The minimum atomic E-state index is -5.46. The fourth-order valence-electron chi connectivity index (χ4n) is 6.14. The lowest BCUT2D eigenvalue weighted by Crippen LogP contribution is -2.58. The molecule has 0 atom stereocenters. The first kappa shape index (κ1) is 34.4. The van der Waals surface area contributed by atoms with E-state index in [1.54, 1.807) is 6.07 Å². The van der Waals surface area contributed by atoms with Crippen molar-refractivity contribution in [2.24, 2.45) is 5.41 Å². The van der Waals surface area contributed by atoms with Crippen LogP contribution in [0.25, 0.3) is 6.08 Å². The number of rotatable bonds is 9. The van der Waals surface area contributed by atoms with Crippen molar-refractivity contribution in [2.75, 3.05) is 4.72 Å². The van der Waals surface area contributed by atoms with Crippen molar-refractivity contribution in [1.29, 1.82) is 0 Å². The van der Waals surface area contributed by atoms with E-state index in [0.29, 0.717) is 56.4 Å². The molecule has 6 rings (SSSR count). The molecule has 0 unspecified atom stereocenters. The Morgan fingerprint density at radius 3 is 2.00 bits per heavy atom. The average Bonchev–Trinajstić information content (AvgIpc) is 3.00. The summed E-state index contributed by atoms with van der Waals surface area (Å²) in [6.45, 7) is 0. The van der Waals surface area contributed by atoms with Gasteiger partial charge in [-0.1, -0.05) is 42.1 Å². The number of fused-ring (bicyclic) bond motifs is 3. The Hall–Kier alpha value is -3.98. The van der Waals surface area contributed by atoms with Gasteiger partial charge in [0.1, 0.15) is 0 Å². The summed E-state index contributed by atoms with van der Waals surface area (Å²) < 4.78 is 114. The molecule has 0 spiro atoms. The highest BCUT2D eigenvalue weighted by molar-refractivity contribution is 7.99. The van der Waals surface area contributed by atoms with Crippen LogP contribution in [0.2, 0.25) is 0 Å². The molecule has 3 aromatic rings. The van der Waals surface area contributed by atoms with E-state index >= 15 is 0 Å². The molecule has 3 N–H and O–H groups in total. The number of benzene rings is 3. The van der Waals surface area contributed by atoms with Gasteiger partial charge in [0.15, 0.2) is 0 Å². The van der Waals surface area contributed by atoms with Gasteiger partial charge in [-0.15, -0.1) is 0 Å². The SMILES string of the molecule is O=C(C=Cc1ccc(Sc2cccc(NS(=O)(=O)c3ccccc3)c2)c(C(F)(F)F)c1C(F)(F)F)NC12CCC(C(=O)O)(CC1)CC2. The first-order valence-electron chi connectivity index (χ1n) is 14.3. The first-order chi connectivity index (χ1) is 21.9. The number of amides is 1. The van der Waals surface area contributed by atoms with E-state index in [1.165, 1.54) is 48.5 Å². The monoisotopic (exact) mass is 698 g/mol. The van der Waals surface area contributed by atoms with Crippen molar-refractivity contribution >= 4 is 45.4 Å². The largest absolute Gasteiger partial charge is 0.481 e. The van der Waals surface area contributed by atoms with E-state index in [2.05, 4.69) is 10.0 Å². The van der Waals surface area contributed by atoms with Gasteiger partial charge in [-0.3, -0.25) is 14.3 Å². The molecule has 47 heavy (non-hydrogen) atoms. The number of carboxylic acids is 1. The molecule has 3 saturated carbocycles. The van der Waals surface area contributed by atoms with Crippen molar-refractivity contribution in [3.63, 3.8) is 0 Å². The predicted molar refractivity (Wildman–Crippen MR) is 162 cm³/mol. The smallest absolute Gasteiger partial charge is 0.418 e. The van der Waals surface area contributed by atoms with Gasteiger partial charge in [-0.2, -0.15) is 26.3 Å². The molecule has 0 heterocycles. The van der Waals surface area contributed by atoms with Gasteiger partial charge in [-0.05, 0) is 86.6 Å². The van der Waals surface area contributed by atoms with Gasteiger partial charge in [0.2, 0.25) is 5.91 Å². The first-order valence-corrected chi connectivity index (χ1v) is 16.6. The van der Waals surface area contributed by atoms with Gasteiger partial charge in [0.05, 0.1) is 21.4 Å². The number of sulfonamides is 1. The van der Waals surface area contributed by atoms with Crippen LogP contribution in [0.1, 0.15) is 55.2 Å². The van der Waals surface area contributed by atoms with E-state index in [1.807, 2.05) is 0 Å². The number of hydrogen-bond acceptors (Lipinski definition) is 5. The maximum absolute atomic E-state index is 14.4. The van der Waals surface area contributed by atoms with Crippen LogP contribution in [0.3, 0.4) is 0 Å². The lowest BCUT2D eigenvalue weighted by molar-refractivity contribution is -0.163. The van der Waals surface area contributed by atoms with Crippen LogP contribution >= 0.6 is 11.8 Å². The summed E-state index contributed by atoms with van der Waals surface area (Å²) in [5.74, 6) is -1.70. The Morgan fingerprint density at radius 1 is 0.809 bits per heavy atom. The minimum Gasteiger partial charge on any atom is -0.481 e. The Kier molecular flexibility index (Phi) is 9.18. The lowest BCUT2D eigenvalue weighted by Gasteiger charge is -2.51. The third-order valence-corrected chi connectivity index (χ3v) is 11.1. The van der Waals surface area contributed by atoms with Gasteiger partial charge < -0.3 is 10.4 Å². The van der Waals surface area contributed by atoms with Gasteiger partial charge >= 0.3 is 18.3 Å². The van der Waals surface area contributed by atoms with Crippen LogP contribution < -0.4 is 10.0 Å². The molecule has 250 valence electrons. The molecule has 3 aliphatic carbocycles. The number of aliphatic carboxylic acids is 1. The Morgan fingerprint density at radius 2 is 1.43 bits per heavy atom. The van der Waals surface area contributed by atoms with Crippen molar-refractivity contribution in [1.82, 2.24) is 5.32 Å². The molecule has 7 nitrogen and oxygen atoms in total. The summed E-state index contributed by atoms with van der Waals surface area (Å²) in [4.78, 5) is 23.6. The molecule has 0 radical (unpaired) electrons. The predicted octanol–water partition coefficient (Wildman–Crippen LogP) is 7.98. The zero-order valence-electron chi connectivity index (χ0n) is 24.4. The number of hydrogen-bond donors (Lipinski definition) is 3. The number of carboxylic acid groups (broad SMARTS) is 1. The van der Waals surface area contributed by atoms with Crippen LogP contribution in [0.15, 0.2) is 87.5 Å². The van der Waals surface area contributed by atoms with Gasteiger partial charge in [0, 0.05) is 27.1 Å². The van der Waals surface area contributed by atoms with E-state index in [0.717, 1.165) is 18.2 Å². The average molecular weight is 699 g/mol. The maximum atomic E-state index is 14.4. The van der Waals surface area contributed by atoms with Crippen molar-refractivity contribution in [3.05, 3.63) is 89.5 Å². The Labute approximate surface area is 270 Å². The number of carbonyl (C=O) groups excluding carboxylic acids is 1. The fourth-order valence-corrected chi connectivity index (χ4v) is 8.25. The Bertz CT molecular complexity index is 1800. The summed E-state index contributed by atoms with van der Waals surface area (Å²) in [5, 5.41) is 12.3. The summed E-state index contributed by atoms with van der Waals surface area (Å²) >= 11 is 0.372. The molecule has 1 amide bonds. The highest BCUT2D eigenvalue weighted by atomic mass is 32.2. The van der Waals surface area contributed by atoms with Crippen LogP contribution in [-0.2, 0) is 32.0 Å². The lowest BCUT2D eigenvalue weighted by atomic mass is 9.57. The second-order valence-electron chi connectivity index (χ2n) is 11.6. The van der Waals surface area contributed by atoms with E-state index in [-0.39, 0.29) is 15.5 Å². The number of nitrogens with one attached hydrogen (secondary N) is 2. The molecular weight excluding hydrogens is 670 g/mol. The molecule has 3 aromatic carbocycles. The quantitative estimate of drug-likeness (QED) is 0.154. The molecule has 0 aliphatic heterocycles. The molecule has 0 saturated heterocycles. The minimum absolute atomic E-state index is 0.0157. The molecule has 3 aliphatic rings. The zero-order chi connectivity index (χ0) is 34.3. The number of anilines is 1. The third kappa shape index (κ3) is 7.45. The number of alkyl halides is 6. The second-order valence-corrected chi connectivity index (χ2v) is 14.4. The maximum Gasteiger partial charge on any atom is 0.418 e. The van der Waals surface area contributed by atoms with Gasteiger partial charge in [0.25, 0.3) is 10.0 Å². The topological polar surface area (TPSA) is 113 Å². The van der Waals surface area contributed by atoms with Crippen LogP contribution in [0.4, 0.5) is 32.0 Å². The zero-order valence-corrected chi connectivity index (χ0v) is 26.0. The summed E-state index contributed by atoms with van der Waals surface area (Å²) in [6, 6.07) is 14.2. The van der Waals surface area contributed by atoms with Crippen molar-refractivity contribution in [3.8, 4) is 0 Å². The summed E-state index contributed by atoms with van der Waals surface area (Å²) in [5.41, 5.74) is -6.39. The van der Waals surface area contributed by atoms with E-state index in [9.17, 15) is 49.5 Å². The highest BCUT2D eigenvalue weighted by Gasteiger charge is 2.53. The highest BCUT2D eigenvalue weighted by Crippen LogP contribution is 2.52. The number of halogens is 6. The van der Waals surface area contributed by atoms with Crippen LogP contribution in [-0.4, -0.2) is 30.9 Å². The van der Waals surface area contributed by atoms with Crippen molar-refractivity contribution < 1.29 is 49.5 Å². The van der Waals surface area contributed by atoms with E-state index < -0.39 is 66.8 Å². The number of carbonyl (C=O) groups is 2. The standard InChI is InChI=1S/C32H28F6N2O5S2/c33-31(34,35)26-20(10-12-25(41)39-30-16-13-29(14-17-30,15-18-30)28(42)43)9-11-24(27(26)32(36,37)38)46-22-6-4-5-21(19-22)40-47(44,45)23-7-2-1-3-8-23/h1-12,19,40H,13-18H2,(H,39,41)(H,42,43). The fraction of sp³-hybridized carbons (Fsp3) is 0.312. The molecule has 2 bridgehead atoms. The second kappa shape index (κ2) is 12.6. The molecular formula is C32H28F6N2O5S2. The van der Waals surface area contributed by atoms with Crippen LogP contribution in [0.5, 0.6) is 0 Å². The summed E-state index contributed by atoms with van der Waals surface area (Å²) in [6.07, 6.45) is -7.38. The van der Waals surface area contributed by atoms with E-state index in [4.69, 9.17) is 0 Å². The normalized spacial score (nSPS) is 21.5. The van der Waals surface area contributed by atoms with Gasteiger partial charge in [-0.25, -0.2) is 8.42 Å². The molecule has 3 fully saturated rings. The Balaban J connectivity index is 1.41. The third-order valence-electron chi connectivity index (χ3n) is 8.64. The summed E-state index contributed by atoms with van der Waals surface area (Å²) in [7, 11) is -4.05. The molecule has 0 aromatic heterocycles.